The van der Waals surface area contributed by atoms with Crippen molar-refractivity contribution in [3.63, 3.8) is 0 Å². The molecule has 1 heteroatoms. The van der Waals surface area contributed by atoms with Gasteiger partial charge in [0.25, 0.3) is 0 Å². The molecule has 0 saturated heterocycles. The lowest BCUT2D eigenvalue weighted by Gasteiger charge is -2.30. The van der Waals surface area contributed by atoms with E-state index in [1.54, 1.807) is 0 Å². The predicted octanol–water partition coefficient (Wildman–Crippen LogP) is 9.40. The lowest BCUT2D eigenvalue weighted by atomic mass is 9.70. The molecule has 1 heterocycles. The second-order valence-electron chi connectivity index (χ2n) is 10.7. The topological polar surface area (TPSA) is 12.9 Å². The monoisotopic (exact) mass is 493 g/mol. The highest BCUT2D eigenvalue weighted by Gasteiger charge is 2.51. The molecule has 0 saturated carbocycles. The van der Waals surface area contributed by atoms with Gasteiger partial charge in [0, 0.05) is 17.0 Å². The van der Waals surface area contributed by atoms with E-state index in [0.717, 1.165) is 5.52 Å². The van der Waals surface area contributed by atoms with Gasteiger partial charge < -0.3 is 0 Å². The third-order valence-electron chi connectivity index (χ3n) is 8.93. The summed E-state index contributed by atoms with van der Waals surface area (Å²) in [5.74, 6) is 0. The van der Waals surface area contributed by atoms with Gasteiger partial charge in [-0.2, -0.15) is 0 Å². The van der Waals surface area contributed by atoms with E-state index in [9.17, 15) is 0 Å². The molecule has 1 nitrogen and oxygen atoms in total. The first-order chi connectivity index (χ1) is 19.4. The average molecular weight is 494 g/mol. The first-order valence-electron chi connectivity index (χ1n) is 13.6. The fourth-order valence-electron chi connectivity index (χ4n) is 7.51. The predicted molar refractivity (Wildman–Crippen MR) is 161 cm³/mol. The Morgan fingerprint density at radius 3 is 1.69 bits per heavy atom. The van der Waals surface area contributed by atoms with E-state index in [1.807, 2.05) is 12.3 Å². The summed E-state index contributed by atoms with van der Waals surface area (Å²) in [4.78, 5) is 4.86. The zero-order valence-corrected chi connectivity index (χ0v) is 21.2. The zero-order valence-electron chi connectivity index (χ0n) is 21.2. The van der Waals surface area contributed by atoms with Crippen LogP contribution in [0.3, 0.4) is 0 Å². The van der Waals surface area contributed by atoms with E-state index in [0.29, 0.717) is 0 Å². The van der Waals surface area contributed by atoms with Crippen LogP contribution in [0.4, 0.5) is 0 Å². The zero-order chi connectivity index (χ0) is 25.6. The number of fused-ring (bicyclic) bond motifs is 13. The Balaban J connectivity index is 1.46. The van der Waals surface area contributed by atoms with Crippen molar-refractivity contribution in [1.29, 1.82) is 0 Å². The second kappa shape index (κ2) is 7.52. The van der Waals surface area contributed by atoms with Crippen LogP contribution in [0.1, 0.15) is 22.3 Å². The summed E-state index contributed by atoms with van der Waals surface area (Å²) in [5.41, 5.74) is 14.0. The highest BCUT2D eigenvalue weighted by molar-refractivity contribution is 6.14. The first kappa shape index (κ1) is 21.0. The van der Waals surface area contributed by atoms with Crippen molar-refractivity contribution in [2.24, 2.45) is 0 Å². The Hall–Kier alpha value is -5.01. The van der Waals surface area contributed by atoms with Gasteiger partial charge in [-0.1, -0.05) is 127 Å². The van der Waals surface area contributed by atoms with Crippen molar-refractivity contribution in [2.45, 2.75) is 5.41 Å². The van der Waals surface area contributed by atoms with Crippen molar-refractivity contribution >= 4 is 21.7 Å². The quantitative estimate of drug-likeness (QED) is 0.208. The van der Waals surface area contributed by atoms with Gasteiger partial charge in [0.1, 0.15) is 0 Å². The Labute approximate surface area is 227 Å². The van der Waals surface area contributed by atoms with Gasteiger partial charge >= 0.3 is 0 Å². The van der Waals surface area contributed by atoms with Gasteiger partial charge in [0.05, 0.1) is 10.9 Å². The van der Waals surface area contributed by atoms with E-state index < -0.39 is 0 Å². The molecule has 39 heavy (non-hydrogen) atoms. The van der Waals surface area contributed by atoms with Gasteiger partial charge in [-0.15, -0.1) is 0 Å². The van der Waals surface area contributed by atoms with E-state index in [1.165, 1.54) is 71.8 Å². The summed E-state index contributed by atoms with van der Waals surface area (Å²) >= 11 is 0. The van der Waals surface area contributed by atoms with E-state index in [4.69, 9.17) is 4.98 Å². The molecule has 2 aliphatic carbocycles. The number of hydrogen-bond acceptors (Lipinski definition) is 1. The minimum absolute atomic E-state index is 0.333. The van der Waals surface area contributed by atoms with Gasteiger partial charge in [0.2, 0.25) is 0 Å². The molecule has 0 atom stereocenters. The minimum atomic E-state index is -0.333. The Bertz CT molecular complexity index is 2090. The Morgan fingerprint density at radius 1 is 0.385 bits per heavy atom. The highest BCUT2D eigenvalue weighted by Crippen LogP contribution is 2.64. The third-order valence-corrected chi connectivity index (χ3v) is 8.93. The molecular weight excluding hydrogens is 470 g/mol. The van der Waals surface area contributed by atoms with Crippen molar-refractivity contribution in [1.82, 2.24) is 4.98 Å². The average Bonchev–Trinajstić information content (AvgIpc) is 3.48. The molecule has 2 aliphatic rings. The van der Waals surface area contributed by atoms with Crippen LogP contribution in [-0.2, 0) is 5.41 Å². The summed E-state index contributed by atoms with van der Waals surface area (Å²) in [6.07, 6.45) is 1.91. The molecule has 9 rings (SSSR count). The first-order valence-corrected chi connectivity index (χ1v) is 13.6. The smallest absolute Gasteiger partial charge is 0.0786 e. The summed E-state index contributed by atoms with van der Waals surface area (Å²) in [5, 5.41) is 3.60. The fourth-order valence-corrected chi connectivity index (χ4v) is 7.51. The molecule has 0 fully saturated rings. The number of hydrogen-bond donors (Lipinski definition) is 0. The molecule has 0 amide bonds. The molecule has 7 aromatic rings. The molecular formula is C38H23N. The molecule has 0 bridgehead atoms. The van der Waals surface area contributed by atoms with Crippen LogP contribution in [-0.4, -0.2) is 4.98 Å². The lowest BCUT2D eigenvalue weighted by molar-refractivity contribution is 0.794. The highest BCUT2D eigenvalue weighted by atomic mass is 14.6. The van der Waals surface area contributed by atoms with Gasteiger partial charge in [-0.05, 0) is 67.1 Å². The van der Waals surface area contributed by atoms with Crippen molar-refractivity contribution < 1.29 is 0 Å². The van der Waals surface area contributed by atoms with E-state index in [-0.39, 0.29) is 5.41 Å². The molecule has 0 aliphatic heterocycles. The fraction of sp³-hybridized carbons (Fsp3) is 0.0263. The molecule has 6 aromatic carbocycles. The van der Waals surface area contributed by atoms with Crippen LogP contribution in [0.2, 0.25) is 0 Å². The maximum atomic E-state index is 4.86. The largest absolute Gasteiger partial charge is 0.256 e. The second-order valence-corrected chi connectivity index (χ2v) is 10.7. The van der Waals surface area contributed by atoms with Crippen molar-refractivity contribution in [2.75, 3.05) is 0 Å². The number of aromatic nitrogens is 1. The lowest BCUT2D eigenvalue weighted by Crippen LogP contribution is -2.25. The minimum Gasteiger partial charge on any atom is -0.256 e. The number of rotatable bonds is 1. The summed E-state index contributed by atoms with van der Waals surface area (Å²) < 4.78 is 0. The molecule has 0 unspecified atom stereocenters. The molecule has 180 valence electrons. The van der Waals surface area contributed by atoms with Crippen LogP contribution in [0.15, 0.2) is 140 Å². The van der Waals surface area contributed by atoms with E-state index >= 15 is 0 Å². The van der Waals surface area contributed by atoms with Crippen LogP contribution < -0.4 is 0 Å². The molecule has 1 spiro atoms. The summed E-state index contributed by atoms with van der Waals surface area (Å²) in [6.45, 7) is 0. The third kappa shape index (κ3) is 2.53. The van der Waals surface area contributed by atoms with Crippen LogP contribution in [0.5, 0.6) is 0 Å². The summed E-state index contributed by atoms with van der Waals surface area (Å²) in [7, 11) is 0. The van der Waals surface area contributed by atoms with Crippen molar-refractivity contribution in [3.8, 4) is 33.4 Å². The van der Waals surface area contributed by atoms with Crippen molar-refractivity contribution in [3.05, 3.63) is 162 Å². The van der Waals surface area contributed by atoms with Gasteiger partial charge in [-0.25, -0.2) is 0 Å². The Kier molecular flexibility index (Phi) is 4.05. The number of pyridine rings is 1. The van der Waals surface area contributed by atoms with Gasteiger partial charge in [-0.3, -0.25) is 4.98 Å². The van der Waals surface area contributed by atoms with Crippen LogP contribution in [0.25, 0.3) is 55.1 Å². The molecule has 0 radical (unpaired) electrons. The summed E-state index contributed by atoms with van der Waals surface area (Å²) in [6, 6.07) is 49.2. The maximum Gasteiger partial charge on any atom is 0.0786 e. The molecule has 1 aromatic heterocycles. The van der Waals surface area contributed by atoms with Crippen LogP contribution in [0, 0.1) is 0 Å². The normalized spacial score (nSPS) is 13.8. The molecule has 0 N–H and O–H groups in total. The standard InChI is InChI=1S/C38H23N/c1-4-17-31-26(12-1)27-13-2-5-18-32(27)38(31)33-19-6-3-14-30(33)36-29(16-8-20-34(36)38)28-15-7-10-24-21-22-25-11-9-23-39-37(25)35(24)28/h1-23H. The number of benzene rings is 6. The Morgan fingerprint density at radius 2 is 0.923 bits per heavy atom. The van der Waals surface area contributed by atoms with E-state index in [2.05, 4.69) is 127 Å². The van der Waals surface area contributed by atoms with Gasteiger partial charge in [0.15, 0.2) is 0 Å². The van der Waals surface area contributed by atoms with Crippen LogP contribution >= 0.6 is 0 Å². The number of nitrogens with zero attached hydrogens (tertiary/aromatic N) is 1. The SMILES string of the molecule is c1ccc2c(c1)-c1ccccc1C21c2ccccc2-c2c(-c3cccc4ccc5cccnc5c34)cccc21. The maximum absolute atomic E-state index is 4.86.